The number of nitrogens with one attached hydrogen (secondary N) is 1. The largest absolute Gasteiger partial charge is 0.384 e. The number of para-hydroxylation sites is 1. The summed E-state index contributed by atoms with van der Waals surface area (Å²) in [5.74, 6) is 0.466. The summed E-state index contributed by atoms with van der Waals surface area (Å²) >= 11 is 0. The van der Waals surface area contributed by atoms with Crippen molar-refractivity contribution in [2.45, 2.75) is 27.2 Å². The molecular formula is C14H19NO. The van der Waals surface area contributed by atoms with E-state index in [9.17, 15) is 4.79 Å². The molecule has 0 aromatic heterocycles. The van der Waals surface area contributed by atoms with Crippen molar-refractivity contribution in [1.29, 1.82) is 0 Å². The van der Waals surface area contributed by atoms with Crippen molar-refractivity contribution in [1.82, 2.24) is 0 Å². The topological polar surface area (TPSA) is 29.1 Å². The van der Waals surface area contributed by atoms with Gasteiger partial charge in [0.25, 0.3) is 0 Å². The Hall–Kier alpha value is -1.31. The SMILES string of the molecule is CC1Cc2ccccc2NCC(C)(C)C1=O. The molecule has 2 nitrogen and oxygen atoms in total. The number of carbonyl (C=O) groups is 1. The van der Waals surface area contributed by atoms with Gasteiger partial charge >= 0.3 is 0 Å². The van der Waals surface area contributed by atoms with Gasteiger partial charge < -0.3 is 5.32 Å². The first kappa shape index (κ1) is 11.2. The fourth-order valence-corrected chi connectivity index (χ4v) is 2.36. The standard InChI is InChI=1S/C14H19NO/c1-10-8-11-6-4-5-7-12(11)15-9-14(2,3)13(10)16/h4-7,10,15H,8-9H2,1-3H3. The fourth-order valence-electron chi connectivity index (χ4n) is 2.36. The molecule has 2 rings (SSSR count). The lowest BCUT2D eigenvalue weighted by atomic mass is 9.78. The lowest BCUT2D eigenvalue weighted by Crippen LogP contribution is -2.38. The molecule has 0 saturated heterocycles. The van der Waals surface area contributed by atoms with Crippen molar-refractivity contribution in [3.05, 3.63) is 29.8 Å². The molecule has 0 aliphatic carbocycles. The number of benzene rings is 1. The second-order valence-electron chi connectivity index (χ2n) is 5.36. The highest BCUT2D eigenvalue weighted by Crippen LogP contribution is 2.29. The molecule has 1 N–H and O–H groups in total. The first-order valence-electron chi connectivity index (χ1n) is 5.87. The van der Waals surface area contributed by atoms with Crippen LogP contribution in [0.2, 0.25) is 0 Å². The Kier molecular flexibility index (Phi) is 2.75. The van der Waals surface area contributed by atoms with Gasteiger partial charge in [-0.3, -0.25) is 4.79 Å². The van der Waals surface area contributed by atoms with E-state index in [2.05, 4.69) is 17.4 Å². The second-order valence-corrected chi connectivity index (χ2v) is 5.36. The average molecular weight is 217 g/mol. The van der Waals surface area contributed by atoms with Crippen molar-refractivity contribution in [3.63, 3.8) is 0 Å². The van der Waals surface area contributed by atoms with Gasteiger partial charge in [0.05, 0.1) is 0 Å². The van der Waals surface area contributed by atoms with Gasteiger partial charge in [-0.05, 0) is 18.1 Å². The number of rotatable bonds is 0. The Labute approximate surface area is 97.1 Å². The number of fused-ring (bicyclic) bond motifs is 1. The Balaban J connectivity index is 2.36. The van der Waals surface area contributed by atoms with Crippen LogP contribution < -0.4 is 5.32 Å². The summed E-state index contributed by atoms with van der Waals surface area (Å²) in [6, 6.07) is 8.26. The van der Waals surface area contributed by atoms with E-state index in [4.69, 9.17) is 0 Å². The van der Waals surface area contributed by atoms with Gasteiger partial charge in [-0.1, -0.05) is 39.0 Å². The number of anilines is 1. The van der Waals surface area contributed by atoms with Gasteiger partial charge in [-0.25, -0.2) is 0 Å². The Morgan fingerprint density at radius 1 is 1.31 bits per heavy atom. The van der Waals surface area contributed by atoms with Gasteiger partial charge in [-0.15, -0.1) is 0 Å². The van der Waals surface area contributed by atoms with E-state index in [1.807, 2.05) is 32.9 Å². The van der Waals surface area contributed by atoms with Gasteiger partial charge in [0, 0.05) is 23.6 Å². The third kappa shape index (κ3) is 1.97. The Bertz CT molecular complexity index is 409. The first-order valence-corrected chi connectivity index (χ1v) is 5.87. The number of ketones is 1. The molecule has 1 aliphatic rings. The quantitative estimate of drug-likeness (QED) is 0.724. The van der Waals surface area contributed by atoms with Crippen LogP contribution in [0.3, 0.4) is 0 Å². The fraction of sp³-hybridized carbons (Fsp3) is 0.500. The zero-order valence-electron chi connectivity index (χ0n) is 10.2. The predicted molar refractivity (Wildman–Crippen MR) is 66.6 cm³/mol. The van der Waals surface area contributed by atoms with E-state index in [1.54, 1.807) is 0 Å². The molecule has 1 atom stereocenters. The molecule has 0 saturated carbocycles. The lowest BCUT2D eigenvalue weighted by Gasteiger charge is -2.31. The molecule has 0 amide bonds. The van der Waals surface area contributed by atoms with Crippen molar-refractivity contribution in [3.8, 4) is 0 Å². The summed E-state index contributed by atoms with van der Waals surface area (Å²) in [7, 11) is 0. The summed E-state index contributed by atoms with van der Waals surface area (Å²) in [5.41, 5.74) is 2.15. The van der Waals surface area contributed by atoms with E-state index < -0.39 is 0 Å². The number of Topliss-reactive ketones (excluding diaryl/α,β-unsaturated/α-hetero) is 1. The van der Waals surface area contributed by atoms with Crippen LogP contribution in [0.5, 0.6) is 0 Å². The van der Waals surface area contributed by atoms with Crippen LogP contribution in [0.4, 0.5) is 5.69 Å². The van der Waals surface area contributed by atoms with Crippen LogP contribution in [-0.2, 0) is 11.2 Å². The summed E-state index contributed by atoms with van der Waals surface area (Å²) in [4.78, 5) is 12.2. The van der Waals surface area contributed by atoms with Crippen LogP contribution in [-0.4, -0.2) is 12.3 Å². The number of hydrogen-bond donors (Lipinski definition) is 1. The average Bonchev–Trinajstić information content (AvgIpc) is 2.26. The van der Waals surface area contributed by atoms with Gasteiger partial charge in [0.2, 0.25) is 0 Å². The molecule has 1 aliphatic heterocycles. The molecule has 86 valence electrons. The second kappa shape index (κ2) is 3.93. The minimum absolute atomic E-state index is 0.109. The molecule has 1 aromatic rings. The lowest BCUT2D eigenvalue weighted by molar-refractivity contribution is -0.130. The van der Waals surface area contributed by atoms with Gasteiger partial charge in [0.1, 0.15) is 5.78 Å². The van der Waals surface area contributed by atoms with Crippen LogP contribution in [0.25, 0.3) is 0 Å². The molecule has 1 aromatic carbocycles. The third-order valence-electron chi connectivity index (χ3n) is 3.38. The molecule has 2 heteroatoms. The van der Waals surface area contributed by atoms with E-state index >= 15 is 0 Å². The zero-order valence-corrected chi connectivity index (χ0v) is 10.2. The minimum atomic E-state index is -0.271. The summed E-state index contributed by atoms with van der Waals surface area (Å²) in [5, 5.41) is 3.39. The van der Waals surface area contributed by atoms with Crippen molar-refractivity contribution >= 4 is 11.5 Å². The maximum Gasteiger partial charge on any atom is 0.143 e. The predicted octanol–water partition coefficient (Wildman–Crippen LogP) is 2.89. The summed E-state index contributed by atoms with van der Waals surface area (Å²) < 4.78 is 0. The van der Waals surface area contributed by atoms with Crippen molar-refractivity contribution in [2.75, 3.05) is 11.9 Å². The highest BCUT2D eigenvalue weighted by Gasteiger charge is 2.33. The normalized spacial score (nSPS) is 23.9. The molecule has 1 heterocycles. The minimum Gasteiger partial charge on any atom is -0.384 e. The Morgan fingerprint density at radius 2 is 2.00 bits per heavy atom. The third-order valence-corrected chi connectivity index (χ3v) is 3.38. The van der Waals surface area contributed by atoms with Gasteiger partial charge in [0.15, 0.2) is 0 Å². The molecular weight excluding hydrogens is 198 g/mol. The van der Waals surface area contributed by atoms with E-state index in [1.165, 1.54) is 11.3 Å². The highest BCUT2D eigenvalue weighted by atomic mass is 16.1. The summed E-state index contributed by atoms with van der Waals surface area (Å²) in [6.07, 6.45) is 0.839. The smallest absolute Gasteiger partial charge is 0.143 e. The molecule has 1 unspecified atom stereocenters. The molecule has 0 spiro atoms. The van der Waals surface area contributed by atoms with Crippen molar-refractivity contribution in [2.24, 2.45) is 11.3 Å². The van der Waals surface area contributed by atoms with E-state index in [-0.39, 0.29) is 11.3 Å². The van der Waals surface area contributed by atoms with Crippen LogP contribution >= 0.6 is 0 Å². The zero-order chi connectivity index (χ0) is 11.8. The maximum atomic E-state index is 12.2. The highest BCUT2D eigenvalue weighted by molar-refractivity contribution is 5.87. The monoisotopic (exact) mass is 217 g/mol. The van der Waals surface area contributed by atoms with E-state index in [0.29, 0.717) is 12.3 Å². The Morgan fingerprint density at radius 3 is 2.75 bits per heavy atom. The summed E-state index contributed by atoms with van der Waals surface area (Å²) in [6.45, 7) is 6.79. The molecule has 0 radical (unpaired) electrons. The number of carbonyl (C=O) groups excluding carboxylic acids is 1. The van der Waals surface area contributed by atoms with Crippen LogP contribution in [0.1, 0.15) is 26.3 Å². The van der Waals surface area contributed by atoms with Crippen molar-refractivity contribution < 1.29 is 4.79 Å². The maximum absolute atomic E-state index is 12.2. The van der Waals surface area contributed by atoms with Gasteiger partial charge in [-0.2, -0.15) is 0 Å². The van der Waals surface area contributed by atoms with Crippen LogP contribution in [0.15, 0.2) is 24.3 Å². The molecule has 0 fully saturated rings. The molecule has 0 bridgehead atoms. The molecule has 16 heavy (non-hydrogen) atoms. The van der Waals surface area contributed by atoms with E-state index in [0.717, 1.165) is 6.42 Å². The number of hydrogen-bond acceptors (Lipinski definition) is 2. The first-order chi connectivity index (χ1) is 7.50. The van der Waals surface area contributed by atoms with Crippen LogP contribution in [0, 0.1) is 11.3 Å².